The number of nitrogens with zero attached hydrogens (tertiary/aromatic N) is 1. The molecule has 0 fully saturated rings. The van der Waals surface area contributed by atoms with Crippen LogP contribution in [-0.4, -0.2) is 14.3 Å². The third kappa shape index (κ3) is 2.97. The van der Waals surface area contributed by atoms with Crippen molar-refractivity contribution in [1.82, 2.24) is 0 Å². The average Bonchev–Trinajstić information content (AvgIpc) is 2.47. The van der Waals surface area contributed by atoms with Gasteiger partial charge in [0.2, 0.25) is 5.06 Å². The molecule has 0 bridgehead atoms. The Hall–Kier alpha value is -0.613. The molecule has 1 rings (SSSR count). The van der Waals surface area contributed by atoms with Crippen LogP contribution in [0, 0.1) is 0 Å². The van der Waals surface area contributed by atoms with E-state index in [0.29, 0.717) is 0 Å². The van der Waals surface area contributed by atoms with Crippen molar-refractivity contribution in [3.05, 3.63) is 12.1 Å². The predicted octanol–water partition coefficient (Wildman–Crippen LogP) is 2.68. The quantitative estimate of drug-likeness (QED) is 0.430. The van der Waals surface area contributed by atoms with E-state index in [4.69, 9.17) is 4.84 Å². The smallest absolute Gasteiger partial charge is 0.211 e. The second kappa shape index (κ2) is 4.06. The Bertz CT molecular complexity index is 301. The molecule has 0 amide bonds. The maximum absolute atomic E-state index is 5.14. The molecule has 0 aromatic carbocycles. The van der Waals surface area contributed by atoms with Crippen molar-refractivity contribution in [1.29, 1.82) is 0 Å². The molecule has 1 aromatic heterocycles. The maximum atomic E-state index is 5.14. The second-order valence-electron chi connectivity index (χ2n) is 3.82. The van der Waals surface area contributed by atoms with Crippen LogP contribution in [-0.2, 0) is 0 Å². The lowest BCUT2D eigenvalue weighted by molar-refractivity contribution is 0.354. The van der Waals surface area contributed by atoms with Crippen molar-refractivity contribution in [3.63, 3.8) is 0 Å². The third-order valence-electron chi connectivity index (χ3n) is 1.57. The molecule has 13 heavy (non-hydrogen) atoms. The van der Waals surface area contributed by atoms with E-state index in [1.807, 2.05) is 13.0 Å². The monoisotopic (exact) mass is 213 g/mol. The van der Waals surface area contributed by atoms with Gasteiger partial charge in [-0.3, -0.25) is 0 Å². The summed E-state index contributed by atoms with van der Waals surface area (Å²) in [6.07, 6.45) is 1.65. The fourth-order valence-corrected chi connectivity index (χ4v) is 3.56. The first-order valence-corrected chi connectivity index (χ1v) is 8.61. The fraction of sp³-hybridized carbons (Fsp3) is 0.444. The minimum atomic E-state index is -1.17. The molecule has 0 radical (unpaired) electrons. The highest BCUT2D eigenvalue weighted by Gasteiger charge is 2.18. The molecule has 4 heteroatoms. The van der Waals surface area contributed by atoms with Gasteiger partial charge in [-0.1, -0.05) is 24.8 Å². The van der Waals surface area contributed by atoms with Crippen LogP contribution in [0.1, 0.15) is 6.92 Å². The number of hydrogen-bond acceptors (Lipinski definition) is 3. The second-order valence-corrected chi connectivity index (χ2v) is 10.3. The number of hydrogen-bond donors (Lipinski definition) is 0. The van der Waals surface area contributed by atoms with Gasteiger partial charge < -0.3 is 4.84 Å². The summed E-state index contributed by atoms with van der Waals surface area (Å²) >= 11 is 1.71. The van der Waals surface area contributed by atoms with Crippen molar-refractivity contribution in [2.24, 2.45) is 5.16 Å². The van der Waals surface area contributed by atoms with Crippen LogP contribution >= 0.6 is 11.3 Å². The molecule has 0 aliphatic rings. The zero-order chi connectivity index (χ0) is 9.90. The van der Waals surface area contributed by atoms with E-state index < -0.39 is 8.07 Å². The highest BCUT2D eigenvalue weighted by molar-refractivity contribution is 7.27. The van der Waals surface area contributed by atoms with E-state index >= 15 is 0 Å². The van der Waals surface area contributed by atoms with Crippen LogP contribution in [0.25, 0.3) is 0 Å². The van der Waals surface area contributed by atoms with E-state index in [1.54, 1.807) is 17.6 Å². The highest BCUT2D eigenvalue weighted by Crippen LogP contribution is 2.20. The summed E-state index contributed by atoms with van der Waals surface area (Å²) in [5, 5.41) is 4.62. The van der Waals surface area contributed by atoms with Gasteiger partial charge in [0.05, 0.1) is 8.07 Å². The lowest BCUT2D eigenvalue weighted by atomic mass is 10.6. The molecule has 0 N–H and O–H groups in total. The molecule has 0 saturated heterocycles. The SMILES string of the molecule is C/C=N/Oc1ccc([Si](C)(C)C)s1. The van der Waals surface area contributed by atoms with Crippen LogP contribution in [0.5, 0.6) is 5.06 Å². The van der Waals surface area contributed by atoms with Crippen LogP contribution in [0.4, 0.5) is 0 Å². The summed E-state index contributed by atoms with van der Waals surface area (Å²) in [4.78, 5) is 5.14. The number of thiophene rings is 1. The minimum Gasteiger partial charge on any atom is -0.346 e. The molecule has 2 nitrogen and oxygen atoms in total. The summed E-state index contributed by atoms with van der Waals surface area (Å²) in [6, 6.07) is 4.14. The molecule has 0 atom stereocenters. The Balaban J connectivity index is 2.75. The Morgan fingerprint density at radius 2 is 2.08 bits per heavy atom. The summed E-state index contributed by atoms with van der Waals surface area (Å²) in [7, 11) is -1.17. The first-order valence-electron chi connectivity index (χ1n) is 4.29. The Morgan fingerprint density at radius 1 is 1.38 bits per heavy atom. The lowest BCUT2D eigenvalue weighted by Crippen LogP contribution is -2.34. The van der Waals surface area contributed by atoms with Crippen LogP contribution in [0.15, 0.2) is 17.3 Å². The third-order valence-corrected chi connectivity index (χ3v) is 6.12. The van der Waals surface area contributed by atoms with Gasteiger partial charge in [0.15, 0.2) is 0 Å². The maximum Gasteiger partial charge on any atom is 0.211 e. The van der Waals surface area contributed by atoms with E-state index in [2.05, 4.69) is 30.9 Å². The van der Waals surface area contributed by atoms with Gasteiger partial charge in [-0.05, 0) is 23.6 Å². The van der Waals surface area contributed by atoms with E-state index in [-0.39, 0.29) is 0 Å². The zero-order valence-corrected chi connectivity index (χ0v) is 10.3. The van der Waals surface area contributed by atoms with Gasteiger partial charge >= 0.3 is 0 Å². The van der Waals surface area contributed by atoms with Gasteiger partial charge in [0.1, 0.15) is 0 Å². The van der Waals surface area contributed by atoms with E-state index in [9.17, 15) is 0 Å². The predicted molar refractivity (Wildman–Crippen MR) is 62.1 cm³/mol. The zero-order valence-electron chi connectivity index (χ0n) is 8.50. The number of rotatable bonds is 3. The Kier molecular flexibility index (Phi) is 3.27. The highest BCUT2D eigenvalue weighted by atomic mass is 32.1. The Labute approximate surface area is 84.2 Å². The van der Waals surface area contributed by atoms with E-state index in [1.165, 1.54) is 4.50 Å². The minimum absolute atomic E-state index is 0.885. The largest absolute Gasteiger partial charge is 0.346 e. The molecule has 72 valence electrons. The molecule has 0 saturated carbocycles. The molecular formula is C9H15NOSSi. The molecule has 0 aliphatic heterocycles. The van der Waals surface area contributed by atoms with Gasteiger partial charge in [-0.25, -0.2) is 0 Å². The van der Waals surface area contributed by atoms with Gasteiger partial charge in [-0.2, -0.15) is 0 Å². The molecule has 0 aliphatic carbocycles. The van der Waals surface area contributed by atoms with Crippen molar-refractivity contribution >= 4 is 30.1 Å². The normalized spacial score (nSPS) is 12.3. The van der Waals surface area contributed by atoms with Crippen LogP contribution in [0.3, 0.4) is 0 Å². The van der Waals surface area contributed by atoms with Gasteiger partial charge in [0.25, 0.3) is 0 Å². The molecular weight excluding hydrogens is 198 g/mol. The van der Waals surface area contributed by atoms with Gasteiger partial charge in [0, 0.05) is 6.21 Å². The van der Waals surface area contributed by atoms with E-state index in [0.717, 1.165) is 5.06 Å². The van der Waals surface area contributed by atoms with Gasteiger partial charge in [-0.15, -0.1) is 11.3 Å². The standard InChI is InChI=1S/C9H15NOSSi/c1-5-10-11-8-6-7-9(12-8)13(2,3)4/h5-7H,1-4H3/b10-5+. The lowest BCUT2D eigenvalue weighted by Gasteiger charge is -2.11. The summed E-state index contributed by atoms with van der Waals surface area (Å²) in [5.41, 5.74) is 0. The molecule has 0 spiro atoms. The first-order chi connectivity index (χ1) is 6.04. The number of oxime groups is 1. The van der Waals surface area contributed by atoms with Crippen LogP contribution in [0.2, 0.25) is 19.6 Å². The van der Waals surface area contributed by atoms with Crippen molar-refractivity contribution in [3.8, 4) is 5.06 Å². The molecule has 1 aromatic rings. The average molecular weight is 213 g/mol. The molecule has 0 unspecified atom stereocenters. The summed E-state index contributed by atoms with van der Waals surface area (Å²) < 4.78 is 1.45. The Morgan fingerprint density at radius 3 is 2.54 bits per heavy atom. The first kappa shape index (κ1) is 10.5. The van der Waals surface area contributed by atoms with Crippen LogP contribution < -0.4 is 9.34 Å². The topological polar surface area (TPSA) is 21.6 Å². The van der Waals surface area contributed by atoms with Crippen molar-refractivity contribution < 1.29 is 4.84 Å². The van der Waals surface area contributed by atoms with Crippen molar-refractivity contribution in [2.45, 2.75) is 26.6 Å². The summed E-state index contributed by atoms with van der Waals surface area (Å²) in [5.74, 6) is 0. The van der Waals surface area contributed by atoms with Crippen molar-refractivity contribution in [2.75, 3.05) is 0 Å². The fourth-order valence-electron chi connectivity index (χ4n) is 0.877. The summed E-state index contributed by atoms with van der Waals surface area (Å²) in [6.45, 7) is 8.82. The molecule has 1 heterocycles.